The summed E-state index contributed by atoms with van der Waals surface area (Å²) in [7, 11) is -18.7. The van der Waals surface area contributed by atoms with Crippen LogP contribution in [0.15, 0.2) is 13.5 Å². The first-order valence-electron chi connectivity index (χ1n) is 23.5. The van der Waals surface area contributed by atoms with E-state index in [9.17, 15) is 123 Å². The average molecular weight is 1210 g/mol. The monoisotopic (exact) mass is 1210 g/mol. The molecule has 0 amide bonds. The van der Waals surface area contributed by atoms with Crippen molar-refractivity contribution in [2.45, 2.75) is 184 Å². The van der Waals surface area contributed by atoms with E-state index in [0.717, 1.165) is 0 Å². The Hall–Kier alpha value is -0.750. The quantitative estimate of drug-likeness (QED) is 0.0567. The summed E-state index contributed by atoms with van der Waals surface area (Å²) >= 11 is 0. The van der Waals surface area contributed by atoms with Gasteiger partial charge in [-0.25, -0.2) is 0 Å². The second-order valence-electron chi connectivity index (χ2n) is 18.5. The van der Waals surface area contributed by atoms with Gasteiger partial charge in [0.25, 0.3) is 0 Å². The van der Waals surface area contributed by atoms with Crippen LogP contribution in [-0.2, 0) is 55.6 Å². The lowest BCUT2D eigenvalue weighted by Gasteiger charge is -2.48. The van der Waals surface area contributed by atoms with Gasteiger partial charge in [0.1, 0.15) is 146 Å². The number of rotatable bonds is 18. The van der Waals surface area contributed by atoms with E-state index in [2.05, 4.69) is 13.5 Å². The third-order valence-electron chi connectivity index (χ3n) is 13.3. The lowest BCUT2D eigenvalue weighted by molar-refractivity contribution is -0.290. The molecular formula is C36H66N3O36P3. The molecule has 0 bridgehead atoms. The molecule has 30 unspecified atom stereocenters. The summed E-state index contributed by atoms with van der Waals surface area (Å²) in [6.07, 6.45) is -73.9. The summed E-state index contributed by atoms with van der Waals surface area (Å²) in [5, 5.41) is 266. The maximum absolute atomic E-state index is 11.7. The van der Waals surface area contributed by atoms with E-state index in [-0.39, 0.29) is 0 Å². The molecule has 0 aliphatic carbocycles. The molecule has 7 rings (SSSR count). The van der Waals surface area contributed by atoms with Crippen molar-refractivity contribution in [2.24, 2.45) is 13.5 Å². The van der Waals surface area contributed by atoms with Crippen LogP contribution in [0.2, 0.25) is 0 Å². The highest BCUT2D eigenvalue weighted by atomic mass is 31.3. The smallest absolute Gasteiger partial charge is 0.350 e. The van der Waals surface area contributed by atoms with Gasteiger partial charge in [-0.15, -0.1) is 13.5 Å². The molecule has 0 aromatic carbocycles. The van der Waals surface area contributed by atoms with E-state index >= 15 is 0 Å². The summed E-state index contributed by atoms with van der Waals surface area (Å²) in [5.41, 5.74) is 0. The molecule has 7 heterocycles. The van der Waals surface area contributed by atoms with Crippen LogP contribution in [0.1, 0.15) is 0 Å². The Morgan fingerprint density at radius 1 is 0.231 bits per heavy atom. The van der Waals surface area contributed by atoms with Crippen molar-refractivity contribution in [1.82, 2.24) is 0 Å². The Labute approximate surface area is 438 Å². The van der Waals surface area contributed by atoms with Crippen molar-refractivity contribution in [1.29, 1.82) is 0 Å². The van der Waals surface area contributed by atoms with Crippen LogP contribution in [0.3, 0.4) is 0 Å². The highest BCUT2D eigenvalue weighted by Crippen LogP contribution is 2.83. The van der Waals surface area contributed by atoms with Gasteiger partial charge in [-0.1, -0.05) is 0 Å². The fourth-order valence-electron chi connectivity index (χ4n) is 8.91. The fourth-order valence-corrected chi connectivity index (χ4v) is 19.3. The van der Waals surface area contributed by atoms with E-state index in [0.29, 0.717) is 0 Å². The minimum Gasteiger partial charge on any atom is -0.394 e. The molecule has 0 radical (unpaired) electrons. The zero-order chi connectivity index (χ0) is 57.7. The van der Waals surface area contributed by atoms with E-state index in [1.54, 1.807) is 0 Å². The molecule has 456 valence electrons. The van der Waals surface area contributed by atoms with Crippen LogP contribution < -0.4 is 0 Å². The Morgan fingerprint density at radius 2 is 0.359 bits per heavy atom. The lowest BCUT2D eigenvalue weighted by Crippen LogP contribution is -2.61. The average Bonchev–Trinajstić information content (AvgIpc) is 3.48. The largest absolute Gasteiger partial charge is 0.394 e. The van der Waals surface area contributed by atoms with Crippen LogP contribution in [-0.4, -0.2) is 346 Å². The number of hydrogen-bond donors (Lipinski definition) is 24. The van der Waals surface area contributed by atoms with Crippen molar-refractivity contribution in [3.8, 4) is 0 Å². The summed E-state index contributed by atoms with van der Waals surface area (Å²) in [6.45, 7) is -7.43. The van der Waals surface area contributed by atoms with Crippen LogP contribution >= 0.6 is 23.0 Å². The number of nitrogens with zero attached hydrogens (tertiary/aromatic N) is 3. The van der Waals surface area contributed by atoms with E-state index in [1.165, 1.54) is 0 Å². The van der Waals surface area contributed by atoms with Crippen LogP contribution in [0.4, 0.5) is 0 Å². The molecule has 42 heteroatoms. The molecule has 39 nitrogen and oxygen atoms in total. The zero-order valence-corrected chi connectivity index (χ0v) is 42.6. The van der Waals surface area contributed by atoms with E-state index in [1.807, 2.05) is 0 Å². The Balaban J connectivity index is 1.67. The lowest BCUT2D eigenvalue weighted by atomic mass is 9.99. The highest BCUT2D eigenvalue weighted by Gasteiger charge is 2.61. The maximum Gasteiger partial charge on any atom is 0.350 e. The predicted octanol–water partition coefficient (Wildman–Crippen LogP) is -13.3. The third-order valence-corrected chi connectivity index (χ3v) is 21.8. The maximum atomic E-state index is 11.7. The van der Waals surface area contributed by atoms with Gasteiger partial charge < -0.3 is 151 Å². The number of aliphatic hydroxyl groups excluding tert-OH is 24. The van der Waals surface area contributed by atoms with Gasteiger partial charge in [-0.3, -0.25) is 27.1 Å². The van der Waals surface area contributed by atoms with Crippen molar-refractivity contribution < 1.29 is 178 Å². The van der Waals surface area contributed by atoms with Crippen LogP contribution in [0.25, 0.3) is 0 Å². The standard InChI is InChI=1S/C36H66N3O36P3/c40-1-7-13(46)25(19(52)31(58)64-7)70-76(71-26-14(47)8(2-41)65-32(59)20(26)53)37-77(72-27-15(48)9(3-42)66-33(60)21(27)54,73-28-16(49)10(4-43)67-34(61)22(28)55)39-78(38-76,74-29-17(50)11(5-44)68-35(62)23(29)56)75-30-18(51)12(6-45)69-36(63)24(30)57/h7-36,40-63H,1-6H2. The molecule has 0 saturated carbocycles. The summed E-state index contributed by atoms with van der Waals surface area (Å²) in [6, 6.07) is 0. The fraction of sp³-hybridized carbons (Fsp3) is 1.00. The molecule has 0 aromatic rings. The predicted molar refractivity (Wildman–Crippen MR) is 237 cm³/mol. The van der Waals surface area contributed by atoms with E-state index < -0.39 is 247 Å². The number of hydrogen-bond acceptors (Lipinski definition) is 39. The molecule has 0 spiro atoms. The Bertz CT molecular complexity index is 1780. The van der Waals surface area contributed by atoms with Crippen molar-refractivity contribution in [3.63, 3.8) is 0 Å². The van der Waals surface area contributed by atoms with Gasteiger partial charge in [-0.05, 0) is 0 Å². The van der Waals surface area contributed by atoms with Gasteiger partial charge in [-0.2, -0.15) is 0 Å². The van der Waals surface area contributed by atoms with Gasteiger partial charge in [0, 0.05) is 0 Å². The number of aliphatic hydroxyl groups is 24. The van der Waals surface area contributed by atoms with Crippen molar-refractivity contribution in [3.05, 3.63) is 0 Å². The zero-order valence-electron chi connectivity index (χ0n) is 39.9. The normalized spacial score (nSPS) is 54.2. The first kappa shape index (κ1) is 64.8. The molecule has 0 aromatic heterocycles. The molecule has 30 atom stereocenters. The number of ether oxygens (including phenoxy) is 6. The SMILES string of the molecule is OCC1OC(O)C(O)C(OP2(OC3C(O)C(O)OC(CO)C3O)=NP(OC3C(O)C(O)OC(CO)C3O)(OC3C(O)C(O)OC(CO)C3O)=NP(OC3C(O)C(O)OC(CO)C3O)(OC3C(O)C(O)OC(CO)C3O)=N2)C1O. The molecule has 7 aliphatic heterocycles. The third kappa shape index (κ3) is 12.9. The summed E-state index contributed by atoms with van der Waals surface area (Å²) < 4.78 is 80.6. The van der Waals surface area contributed by atoms with E-state index in [4.69, 9.17) is 55.6 Å². The van der Waals surface area contributed by atoms with Gasteiger partial charge in [0.05, 0.1) is 39.6 Å². The molecule has 6 saturated heterocycles. The Morgan fingerprint density at radius 3 is 0.474 bits per heavy atom. The first-order chi connectivity index (χ1) is 36.7. The molecule has 78 heavy (non-hydrogen) atoms. The summed E-state index contributed by atoms with van der Waals surface area (Å²) in [5.74, 6) is 0. The molecular weight excluding hydrogens is 1140 g/mol. The second kappa shape index (κ2) is 26.3. The topological polar surface area (TPSA) is 633 Å². The highest BCUT2D eigenvalue weighted by molar-refractivity contribution is 7.78. The van der Waals surface area contributed by atoms with Gasteiger partial charge in [0.2, 0.25) is 0 Å². The van der Waals surface area contributed by atoms with Crippen LogP contribution in [0, 0.1) is 0 Å². The minimum absolute atomic E-state index is 1.24. The van der Waals surface area contributed by atoms with Gasteiger partial charge in [0.15, 0.2) is 37.7 Å². The van der Waals surface area contributed by atoms with Crippen LogP contribution in [0.5, 0.6) is 0 Å². The van der Waals surface area contributed by atoms with Gasteiger partial charge >= 0.3 is 23.0 Å². The summed E-state index contributed by atoms with van der Waals surface area (Å²) in [4.78, 5) is 0. The minimum atomic E-state index is -6.23. The molecule has 24 N–H and O–H groups in total. The molecule has 7 aliphatic rings. The Kier molecular flexibility index (Phi) is 21.8. The second-order valence-corrected chi connectivity index (χ2v) is 24.9. The van der Waals surface area contributed by atoms with Crippen molar-refractivity contribution in [2.75, 3.05) is 39.6 Å². The van der Waals surface area contributed by atoms with Crippen molar-refractivity contribution >= 4 is 23.0 Å². The molecule has 6 fully saturated rings. The first-order valence-corrected chi connectivity index (χ1v) is 28.1.